The first-order valence-corrected chi connectivity index (χ1v) is 9.84. The summed E-state index contributed by atoms with van der Waals surface area (Å²) < 4.78 is 14.6. The molecule has 0 unspecified atom stereocenters. The molecule has 30 heavy (non-hydrogen) atoms. The Kier molecular flexibility index (Phi) is 5.56. The van der Waals surface area contributed by atoms with E-state index >= 15 is 0 Å². The topological polar surface area (TPSA) is 71.3 Å². The van der Waals surface area contributed by atoms with Gasteiger partial charge in [-0.1, -0.05) is 0 Å². The van der Waals surface area contributed by atoms with Crippen LogP contribution in [0.2, 0.25) is 0 Å². The molecule has 1 amide bonds. The lowest BCUT2D eigenvalue weighted by molar-refractivity contribution is 0.0764. The maximum atomic E-state index is 13.3. The van der Waals surface area contributed by atoms with E-state index in [9.17, 15) is 14.0 Å². The van der Waals surface area contributed by atoms with E-state index in [2.05, 4.69) is 9.97 Å². The van der Waals surface area contributed by atoms with E-state index in [1.165, 1.54) is 28.8 Å². The summed E-state index contributed by atoms with van der Waals surface area (Å²) in [5.41, 5.74) is 0.875. The summed E-state index contributed by atoms with van der Waals surface area (Å²) in [6.07, 6.45) is 5.75. The standard InChI is InChI=1S/C22H22FN5O2/c1-16-8-13-28(18-6-4-17(23)5-7-18)21(30)19(16)20(29)26-11-3-12-27(15-14-26)22-24-9-2-10-25-22/h2,4-10,13H,3,11-12,14-15H2,1H3. The molecule has 1 aliphatic rings. The number of carbonyl (C=O) groups is 1. The number of halogens is 1. The van der Waals surface area contributed by atoms with Gasteiger partial charge in [0.25, 0.3) is 11.5 Å². The lowest BCUT2D eigenvalue weighted by Crippen LogP contribution is -2.39. The Labute approximate surface area is 173 Å². The van der Waals surface area contributed by atoms with Crippen LogP contribution < -0.4 is 10.5 Å². The Morgan fingerprint density at radius 3 is 2.47 bits per heavy atom. The zero-order valence-corrected chi connectivity index (χ0v) is 16.7. The van der Waals surface area contributed by atoms with Gasteiger partial charge in [0.1, 0.15) is 11.4 Å². The molecule has 8 heteroatoms. The van der Waals surface area contributed by atoms with Gasteiger partial charge in [-0.2, -0.15) is 0 Å². The van der Waals surface area contributed by atoms with Crippen molar-refractivity contribution in [1.82, 2.24) is 19.4 Å². The second-order valence-corrected chi connectivity index (χ2v) is 7.21. The van der Waals surface area contributed by atoms with Crippen molar-refractivity contribution in [3.05, 3.63) is 82.3 Å². The molecular weight excluding hydrogens is 385 g/mol. The summed E-state index contributed by atoms with van der Waals surface area (Å²) in [5, 5.41) is 0. The minimum absolute atomic E-state index is 0.145. The molecule has 1 saturated heterocycles. The Balaban J connectivity index is 1.59. The van der Waals surface area contributed by atoms with Gasteiger partial charge in [0.15, 0.2) is 0 Å². The van der Waals surface area contributed by atoms with Crippen LogP contribution in [0.4, 0.5) is 10.3 Å². The summed E-state index contributed by atoms with van der Waals surface area (Å²) in [5.74, 6) is -0.0297. The molecule has 2 aromatic heterocycles. The van der Waals surface area contributed by atoms with Gasteiger partial charge in [-0.3, -0.25) is 14.2 Å². The minimum atomic E-state index is -0.404. The molecule has 1 fully saturated rings. The molecule has 3 heterocycles. The number of nitrogens with zero attached hydrogens (tertiary/aromatic N) is 5. The van der Waals surface area contributed by atoms with E-state index in [1.54, 1.807) is 42.5 Å². The molecule has 0 bridgehead atoms. The van der Waals surface area contributed by atoms with Crippen LogP contribution in [-0.4, -0.2) is 51.5 Å². The zero-order valence-electron chi connectivity index (χ0n) is 16.7. The Morgan fingerprint density at radius 1 is 1.00 bits per heavy atom. The first-order valence-electron chi connectivity index (χ1n) is 9.84. The predicted octanol–water partition coefficient (Wildman–Crippen LogP) is 2.43. The third kappa shape index (κ3) is 3.94. The molecule has 0 aliphatic carbocycles. The molecule has 0 saturated carbocycles. The summed E-state index contributed by atoms with van der Waals surface area (Å²) >= 11 is 0. The van der Waals surface area contributed by atoms with Crippen molar-refractivity contribution in [3.8, 4) is 5.69 Å². The van der Waals surface area contributed by atoms with Crippen LogP contribution in [-0.2, 0) is 0 Å². The molecule has 1 aromatic carbocycles. The van der Waals surface area contributed by atoms with Crippen molar-refractivity contribution < 1.29 is 9.18 Å². The van der Waals surface area contributed by atoms with E-state index < -0.39 is 5.56 Å². The number of anilines is 1. The van der Waals surface area contributed by atoms with Crippen LogP contribution in [0.25, 0.3) is 5.69 Å². The molecular formula is C22H22FN5O2. The van der Waals surface area contributed by atoms with Crippen LogP contribution in [0.5, 0.6) is 0 Å². The molecule has 7 nitrogen and oxygen atoms in total. The van der Waals surface area contributed by atoms with Crippen LogP contribution in [0, 0.1) is 12.7 Å². The number of rotatable bonds is 3. The van der Waals surface area contributed by atoms with Crippen LogP contribution >= 0.6 is 0 Å². The number of pyridine rings is 1. The third-order valence-electron chi connectivity index (χ3n) is 5.24. The van der Waals surface area contributed by atoms with E-state index in [1.807, 2.05) is 4.90 Å². The fourth-order valence-electron chi connectivity index (χ4n) is 3.62. The normalized spacial score (nSPS) is 14.5. The highest BCUT2D eigenvalue weighted by atomic mass is 19.1. The number of aryl methyl sites for hydroxylation is 1. The van der Waals surface area contributed by atoms with Crippen LogP contribution in [0.15, 0.2) is 59.8 Å². The van der Waals surface area contributed by atoms with E-state index in [0.717, 1.165) is 13.0 Å². The first-order chi connectivity index (χ1) is 14.5. The van der Waals surface area contributed by atoms with Gasteiger partial charge in [0.2, 0.25) is 5.95 Å². The lowest BCUT2D eigenvalue weighted by atomic mass is 10.1. The Bertz CT molecular complexity index is 1100. The van der Waals surface area contributed by atoms with Gasteiger partial charge in [-0.05, 0) is 55.3 Å². The number of hydrogen-bond donors (Lipinski definition) is 0. The summed E-state index contributed by atoms with van der Waals surface area (Å²) in [6, 6.07) is 9.12. The number of amides is 1. The molecule has 154 valence electrons. The van der Waals surface area contributed by atoms with Gasteiger partial charge in [-0.15, -0.1) is 0 Å². The van der Waals surface area contributed by atoms with Gasteiger partial charge in [0, 0.05) is 50.5 Å². The van der Waals surface area contributed by atoms with Gasteiger partial charge >= 0.3 is 0 Å². The highest BCUT2D eigenvalue weighted by Crippen LogP contribution is 2.15. The lowest BCUT2D eigenvalue weighted by Gasteiger charge is -2.22. The smallest absolute Gasteiger partial charge is 0.268 e. The molecule has 0 spiro atoms. The van der Waals surface area contributed by atoms with Gasteiger partial charge < -0.3 is 9.80 Å². The average molecular weight is 407 g/mol. The van der Waals surface area contributed by atoms with Crippen molar-refractivity contribution in [3.63, 3.8) is 0 Å². The monoisotopic (exact) mass is 407 g/mol. The van der Waals surface area contributed by atoms with E-state index in [0.29, 0.717) is 36.8 Å². The molecule has 0 atom stereocenters. The second-order valence-electron chi connectivity index (χ2n) is 7.21. The molecule has 1 aliphatic heterocycles. The van der Waals surface area contributed by atoms with Crippen molar-refractivity contribution in [2.24, 2.45) is 0 Å². The summed E-state index contributed by atoms with van der Waals surface area (Å²) in [4.78, 5) is 38.7. The highest BCUT2D eigenvalue weighted by Gasteiger charge is 2.25. The van der Waals surface area contributed by atoms with Gasteiger partial charge in [-0.25, -0.2) is 14.4 Å². The van der Waals surface area contributed by atoms with Gasteiger partial charge in [0.05, 0.1) is 0 Å². The van der Waals surface area contributed by atoms with E-state index in [4.69, 9.17) is 0 Å². The first kappa shape index (κ1) is 19.8. The predicted molar refractivity (Wildman–Crippen MR) is 111 cm³/mol. The fraction of sp³-hybridized carbons (Fsp3) is 0.273. The SMILES string of the molecule is Cc1ccn(-c2ccc(F)cc2)c(=O)c1C(=O)N1CCCN(c2ncccn2)CC1. The average Bonchev–Trinajstić information content (AvgIpc) is 3.02. The third-order valence-corrected chi connectivity index (χ3v) is 5.24. The molecule has 0 N–H and O–H groups in total. The van der Waals surface area contributed by atoms with E-state index in [-0.39, 0.29) is 17.3 Å². The quantitative estimate of drug-likeness (QED) is 0.667. The molecule has 3 aromatic rings. The summed E-state index contributed by atoms with van der Waals surface area (Å²) in [6.45, 7) is 4.11. The largest absolute Gasteiger partial charge is 0.339 e. The number of benzene rings is 1. The number of hydrogen-bond acceptors (Lipinski definition) is 5. The molecule has 0 radical (unpaired) electrons. The van der Waals surface area contributed by atoms with Crippen molar-refractivity contribution in [2.75, 3.05) is 31.1 Å². The minimum Gasteiger partial charge on any atom is -0.339 e. The number of aromatic nitrogens is 3. The molecule has 4 rings (SSSR count). The zero-order chi connectivity index (χ0) is 21.1. The maximum Gasteiger partial charge on any atom is 0.268 e. The maximum absolute atomic E-state index is 13.3. The van der Waals surface area contributed by atoms with Crippen molar-refractivity contribution >= 4 is 11.9 Å². The van der Waals surface area contributed by atoms with Crippen molar-refractivity contribution in [2.45, 2.75) is 13.3 Å². The second kappa shape index (κ2) is 8.44. The van der Waals surface area contributed by atoms with Crippen LogP contribution in [0.1, 0.15) is 22.3 Å². The summed E-state index contributed by atoms with van der Waals surface area (Å²) in [7, 11) is 0. The Morgan fingerprint density at radius 2 is 1.73 bits per heavy atom. The van der Waals surface area contributed by atoms with Crippen LogP contribution in [0.3, 0.4) is 0 Å². The Hall–Kier alpha value is -3.55. The fourth-order valence-corrected chi connectivity index (χ4v) is 3.62. The van der Waals surface area contributed by atoms with Crippen molar-refractivity contribution in [1.29, 1.82) is 0 Å². The number of carbonyl (C=O) groups excluding carboxylic acids is 1. The highest BCUT2D eigenvalue weighted by molar-refractivity contribution is 5.95.